The smallest absolute Gasteiger partial charge is 0.331 e. The van der Waals surface area contributed by atoms with Crippen molar-refractivity contribution in [1.29, 1.82) is 0 Å². The summed E-state index contributed by atoms with van der Waals surface area (Å²) in [4.78, 5) is 30.0. The molecule has 7 heteroatoms. The van der Waals surface area contributed by atoms with Crippen molar-refractivity contribution in [3.63, 3.8) is 0 Å². The lowest BCUT2D eigenvalue weighted by Gasteiger charge is -2.18. The van der Waals surface area contributed by atoms with E-state index in [1.165, 1.54) is 29.9 Å². The molecule has 0 unspecified atom stereocenters. The van der Waals surface area contributed by atoms with Crippen molar-refractivity contribution in [1.82, 2.24) is 4.98 Å². The highest BCUT2D eigenvalue weighted by Gasteiger charge is 2.18. The van der Waals surface area contributed by atoms with Gasteiger partial charge in [-0.15, -0.1) is 11.3 Å². The van der Waals surface area contributed by atoms with E-state index in [1.54, 1.807) is 27.7 Å². The molecule has 144 valence electrons. The average molecular weight is 413 g/mol. The van der Waals surface area contributed by atoms with Crippen molar-refractivity contribution in [2.45, 2.75) is 26.9 Å². The summed E-state index contributed by atoms with van der Waals surface area (Å²) in [6.45, 7) is 3.65. The molecule has 0 aliphatic heterocycles. The molecule has 0 atom stereocenters. The van der Waals surface area contributed by atoms with Gasteiger partial charge in [0.1, 0.15) is 6.61 Å². The molecule has 0 bridgehead atoms. The monoisotopic (exact) mass is 412 g/mol. The van der Waals surface area contributed by atoms with Gasteiger partial charge in [0.2, 0.25) is 5.91 Å². The quantitative estimate of drug-likeness (QED) is 0.395. The summed E-state index contributed by atoms with van der Waals surface area (Å²) in [5, 5.41) is 6.23. The van der Waals surface area contributed by atoms with Gasteiger partial charge < -0.3 is 4.74 Å². The molecule has 3 aromatic rings. The third kappa shape index (κ3) is 5.15. The van der Waals surface area contributed by atoms with Crippen LogP contribution in [0.25, 0.3) is 6.08 Å². The fourth-order valence-electron chi connectivity index (χ4n) is 2.50. The second-order valence-electron chi connectivity index (χ2n) is 5.99. The SMILES string of the molecule is CCc1ccc(N(C(C)=O)c2nc(COC(=O)/C=C/c3ccsc3)cs2)cc1. The maximum atomic E-state index is 12.2. The Bertz CT molecular complexity index is 960. The van der Waals surface area contributed by atoms with Crippen LogP contribution in [0.3, 0.4) is 0 Å². The number of carbonyl (C=O) groups is 2. The van der Waals surface area contributed by atoms with Gasteiger partial charge in [-0.2, -0.15) is 11.3 Å². The van der Waals surface area contributed by atoms with Gasteiger partial charge in [0.05, 0.1) is 11.4 Å². The number of hydrogen-bond acceptors (Lipinski definition) is 6. The molecule has 0 fully saturated rings. The largest absolute Gasteiger partial charge is 0.456 e. The number of hydrogen-bond donors (Lipinski definition) is 0. The predicted molar refractivity (Wildman–Crippen MR) is 114 cm³/mol. The minimum atomic E-state index is -0.431. The molecule has 0 aliphatic carbocycles. The number of amides is 1. The van der Waals surface area contributed by atoms with E-state index < -0.39 is 5.97 Å². The van der Waals surface area contributed by atoms with Gasteiger partial charge in [-0.3, -0.25) is 9.69 Å². The van der Waals surface area contributed by atoms with Gasteiger partial charge in [-0.05, 0) is 52.6 Å². The highest BCUT2D eigenvalue weighted by Crippen LogP contribution is 2.29. The van der Waals surface area contributed by atoms with Gasteiger partial charge in [0.25, 0.3) is 0 Å². The Morgan fingerprint density at radius 1 is 1.18 bits per heavy atom. The Labute approximate surface area is 171 Å². The number of benzene rings is 1. The Hall–Kier alpha value is -2.77. The lowest BCUT2D eigenvalue weighted by Crippen LogP contribution is -2.22. The number of nitrogens with zero attached hydrogens (tertiary/aromatic N) is 2. The van der Waals surface area contributed by atoms with Crippen molar-refractivity contribution in [3.8, 4) is 0 Å². The Balaban J connectivity index is 1.65. The molecule has 28 heavy (non-hydrogen) atoms. The molecule has 0 aliphatic rings. The van der Waals surface area contributed by atoms with Crippen molar-refractivity contribution < 1.29 is 14.3 Å². The molecule has 0 N–H and O–H groups in total. The van der Waals surface area contributed by atoms with E-state index >= 15 is 0 Å². The number of thiophene rings is 1. The highest BCUT2D eigenvalue weighted by molar-refractivity contribution is 7.14. The van der Waals surface area contributed by atoms with Crippen LogP contribution in [0.2, 0.25) is 0 Å². The summed E-state index contributed by atoms with van der Waals surface area (Å²) in [5.74, 6) is -0.555. The van der Waals surface area contributed by atoms with Gasteiger partial charge in [-0.25, -0.2) is 9.78 Å². The van der Waals surface area contributed by atoms with Crippen LogP contribution in [0, 0.1) is 0 Å². The summed E-state index contributed by atoms with van der Waals surface area (Å²) >= 11 is 2.90. The van der Waals surface area contributed by atoms with E-state index in [-0.39, 0.29) is 12.5 Å². The molecule has 2 aromatic heterocycles. The number of carbonyl (C=O) groups excluding carboxylic acids is 2. The third-order valence-electron chi connectivity index (χ3n) is 3.97. The van der Waals surface area contributed by atoms with Crippen LogP contribution in [-0.4, -0.2) is 16.9 Å². The number of anilines is 2. The zero-order valence-electron chi connectivity index (χ0n) is 15.6. The van der Waals surface area contributed by atoms with Crippen LogP contribution in [0.4, 0.5) is 10.8 Å². The predicted octanol–water partition coefficient (Wildman–Crippen LogP) is 5.21. The average Bonchev–Trinajstić information content (AvgIpc) is 3.37. The van der Waals surface area contributed by atoms with E-state index in [4.69, 9.17) is 4.74 Å². The van der Waals surface area contributed by atoms with Crippen molar-refractivity contribution >= 4 is 51.4 Å². The molecular formula is C21H20N2O3S2. The van der Waals surface area contributed by atoms with Gasteiger partial charge >= 0.3 is 5.97 Å². The summed E-state index contributed by atoms with van der Waals surface area (Å²) in [6.07, 6.45) is 4.04. The van der Waals surface area contributed by atoms with Crippen LogP contribution in [-0.2, 0) is 27.4 Å². The van der Waals surface area contributed by atoms with Crippen LogP contribution in [0.1, 0.15) is 30.7 Å². The Morgan fingerprint density at radius 2 is 1.96 bits per heavy atom. The first-order chi connectivity index (χ1) is 13.6. The van der Waals surface area contributed by atoms with E-state index in [0.29, 0.717) is 10.8 Å². The number of aryl methyl sites for hydroxylation is 1. The first-order valence-electron chi connectivity index (χ1n) is 8.78. The van der Waals surface area contributed by atoms with Gasteiger partial charge in [-0.1, -0.05) is 19.1 Å². The molecule has 0 saturated carbocycles. The van der Waals surface area contributed by atoms with E-state index in [2.05, 4.69) is 11.9 Å². The summed E-state index contributed by atoms with van der Waals surface area (Å²) in [7, 11) is 0. The van der Waals surface area contributed by atoms with Crippen molar-refractivity contribution in [3.05, 3.63) is 69.4 Å². The van der Waals surface area contributed by atoms with Crippen LogP contribution in [0.15, 0.2) is 52.5 Å². The summed E-state index contributed by atoms with van der Waals surface area (Å²) in [6, 6.07) is 9.75. The normalized spacial score (nSPS) is 10.9. The number of esters is 1. The first kappa shape index (κ1) is 20.0. The molecule has 5 nitrogen and oxygen atoms in total. The van der Waals surface area contributed by atoms with Crippen molar-refractivity contribution in [2.24, 2.45) is 0 Å². The number of aromatic nitrogens is 1. The second kappa shape index (κ2) is 9.43. The molecule has 1 aromatic carbocycles. The number of thiazole rings is 1. The molecular weight excluding hydrogens is 392 g/mol. The molecule has 3 rings (SSSR count). The van der Waals surface area contributed by atoms with Gasteiger partial charge in [0.15, 0.2) is 5.13 Å². The highest BCUT2D eigenvalue weighted by atomic mass is 32.1. The van der Waals surface area contributed by atoms with Crippen LogP contribution >= 0.6 is 22.7 Å². The molecule has 0 spiro atoms. The summed E-state index contributed by atoms with van der Waals surface area (Å²) in [5.41, 5.74) is 3.54. The summed E-state index contributed by atoms with van der Waals surface area (Å²) < 4.78 is 5.23. The molecule has 2 heterocycles. The molecule has 0 saturated heterocycles. The lowest BCUT2D eigenvalue weighted by atomic mass is 10.1. The molecule has 0 radical (unpaired) electrons. The topological polar surface area (TPSA) is 59.5 Å². The Morgan fingerprint density at radius 3 is 2.61 bits per heavy atom. The van der Waals surface area contributed by atoms with E-state index in [9.17, 15) is 9.59 Å². The first-order valence-corrected chi connectivity index (χ1v) is 10.6. The maximum Gasteiger partial charge on any atom is 0.331 e. The minimum absolute atomic E-state index is 0.0594. The zero-order chi connectivity index (χ0) is 19.9. The lowest BCUT2D eigenvalue weighted by molar-refractivity contribution is -0.139. The maximum absolute atomic E-state index is 12.2. The van der Waals surface area contributed by atoms with E-state index in [1.807, 2.05) is 41.1 Å². The number of rotatable bonds is 7. The van der Waals surface area contributed by atoms with Gasteiger partial charge in [0, 0.05) is 18.4 Å². The van der Waals surface area contributed by atoms with E-state index in [0.717, 1.165) is 17.7 Å². The van der Waals surface area contributed by atoms with Crippen molar-refractivity contribution in [2.75, 3.05) is 4.90 Å². The fourth-order valence-corrected chi connectivity index (χ4v) is 4.00. The second-order valence-corrected chi connectivity index (χ2v) is 7.61. The zero-order valence-corrected chi connectivity index (χ0v) is 17.3. The standard InChI is InChI=1S/C21H20N2O3S2/c1-3-16-4-7-19(8-5-16)23(15(2)24)21-22-18(14-28-21)12-26-20(25)9-6-17-10-11-27-13-17/h4-11,13-14H,3,12H2,1-2H3/b9-6+. The number of ether oxygens (including phenoxy) is 1. The molecule has 1 amide bonds. The third-order valence-corrected chi connectivity index (χ3v) is 5.54. The Kier molecular flexibility index (Phi) is 6.73. The fraction of sp³-hybridized carbons (Fsp3) is 0.190. The van der Waals surface area contributed by atoms with Crippen LogP contribution < -0.4 is 4.90 Å². The minimum Gasteiger partial charge on any atom is -0.456 e. The van der Waals surface area contributed by atoms with Crippen LogP contribution in [0.5, 0.6) is 0 Å².